The van der Waals surface area contributed by atoms with E-state index in [9.17, 15) is 27.9 Å². The number of ketones is 1. The van der Waals surface area contributed by atoms with Gasteiger partial charge in [0.15, 0.2) is 5.69 Å². The number of rotatable bonds is 13. The number of methoxy groups -OCH3 is 2. The number of halogens is 5. The van der Waals surface area contributed by atoms with Crippen LogP contribution in [0, 0.1) is 17.2 Å². The van der Waals surface area contributed by atoms with E-state index in [-0.39, 0.29) is 67.0 Å². The molecule has 0 amide bonds. The van der Waals surface area contributed by atoms with Gasteiger partial charge in [-0.15, -0.1) is 0 Å². The smallest absolute Gasteiger partial charge is 0.435 e. The summed E-state index contributed by atoms with van der Waals surface area (Å²) in [6.07, 6.45) is 0.774. The van der Waals surface area contributed by atoms with E-state index < -0.39 is 29.1 Å². The van der Waals surface area contributed by atoms with Crippen LogP contribution in [0.5, 0.6) is 11.6 Å². The summed E-state index contributed by atoms with van der Waals surface area (Å²) in [6, 6.07) is 14.6. The van der Waals surface area contributed by atoms with Crippen LogP contribution in [0.15, 0.2) is 48.5 Å². The first-order chi connectivity index (χ1) is 28.3. The Morgan fingerprint density at radius 1 is 0.983 bits per heavy atom. The number of benzene rings is 3. The Hall–Kier alpha value is -4.59. The fourth-order valence-electron chi connectivity index (χ4n) is 9.97. The average molecular weight is 835 g/mol. The molecule has 4 aromatic rings. The zero-order valence-electron chi connectivity index (χ0n) is 33.1. The van der Waals surface area contributed by atoms with Crippen LogP contribution < -0.4 is 14.8 Å². The molecule has 14 heteroatoms. The van der Waals surface area contributed by atoms with Crippen molar-refractivity contribution in [2.75, 3.05) is 27.3 Å². The molecule has 5 aliphatic rings. The topological polar surface area (TPSA) is 114 Å². The molecule has 312 valence electrons. The van der Waals surface area contributed by atoms with Crippen molar-refractivity contribution in [3.8, 4) is 33.9 Å². The van der Waals surface area contributed by atoms with Gasteiger partial charge in [0, 0.05) is 55.2 Å². The highest BCUT2D eigenvalue weighted by Gasteiger charge is 2.50. The second-order valence-electron chi connectivity index (χ2n) is 16.6. The molecule has 4 fully saturated rings. The van der Waals surface area contributed by atoms with E-state index in [2.05, 4.69) is 15.3 Å². The Bertz CT molecular complexity index is 2280. The van der Waals surface area contributed by atoms with Gasteiger partial charge in [-0.2, -0.15) is 13.2 Å². The molecule has 2 atom stereocenters. The van der Waals surface area contributed by atoms with Crippen LogP contribution in [0.3, 0.4) is 0 Å². The fraction of sp³-hybridized carbons (Fsp3) is 0.467. The van der Waals surface area contributed by atoms with Gasteiger partial charge >= 0.3 is 12.1 Å². The van der Waals surface area contributed by atoms with E-state index in [1.54, 1.807) is 6.07 Å². The third kappa shape index (κ3) is 8.05. The number of aromatic nitrogens is 2. The molecule has 3 heterocycles. The van der Waals surface area contributed by atoms with Gasteiger partial charge in [0.1, 0.15) is 23.0 Å². The summed E-state index contributed by atoms with van der Waals surface area (Å²) in [5.74, 6) is -0.729. The third-order valence-electron chi connectivity index (χ3n) is 13.1. The summed E-state index contributed by atoms with van der Waals surface area (Å²) in [5, 5.41) is 13.7. The van der Waals surface area contributed by atoms with Gasteiger partial charge in [0.05, 0.1) is 30.4 Å². The lowest BCUT2D eigenvalue weighted by Crippen LogP contribution is -2.56. The molecule has 2 saturated heterocycles. The van der Waals surface area contributed by atoms with Crippen molar-refractivity contribution in [3.05, 3.63) is 93.1 Å². The van der Waals surface area contributed by atoms with Crippen molar-refractivity contribution in [1.82, 2.24) is 20.2 Å². The molecule has 2 N–H and O–H groups in total. The summed E-state index contributed by atoms with van der Waals surface area (Å²) in [6.45, 7) is 1.11. The number of carboxylic acids is 1. The summed E-state index contributed by atoms with van der Waals surface area (Å²) >= 11 is 7.14. The van der Waals surface area contributed by atoms with E-state index >= 15 is 4.39 Å². The molecule has 3 aromatic carbocycles. The maximum Gasteiger partial charge on any atom is 0.435 e. The third-order valence-corrected chi connectivity index (χ3v) is 13.5. The highest BCUT2D eigenvalue weighted by atomic mass is 35.5. The van der Waals surface area contributed by atoms with Gasteiger partial charge in [-0.05, 0) is 104 Å². The first-order valence-corrected chi connectivity index (χ1v) is 20.6. The van der Waals surface area contributed by atoms with Crippen molar-refractivity contribution in [3.63, 3.8) is 0 Å². The van der Waals surface area contributed by atoms with E-state index in [0.29, 0.717) is 85.4 Å². The number of ether oxygens (including phenoxy) is 2. The number of nitrogens with zero attached hydrogens (tertiary/aromatic N) is 3. The molecule has 0 radical (unpaired) electrons. The Kier molecular flexibility index (Phi) is 11.5. The minimum absolute atomic E-state index is 0.00789. The lowest BCUT2D eigenvalue weighted by molar-refractivity contribution is -0.160. The quantitative estimate of drug-likeness (QED) is 0.127. The minimum atomic E-state index is -4.78. The number of Topliss-reactive ketones (excluding diaryl/α,β-unsaturated/α-hetero) is 1. The first-order valence-electron chi connectivity index (χ1n) is 20.3. The van der Waals surface area contributed by atoms with Gasteiger partial charge in [-0.25, -0.2) is 14.4 Å². The lowest BCUT2D eigenvalue weighted by atomic mass is 9.67. The minimum Gasteiger partial charge on any atom is -0.496 e. The maximum atomic E-state index is 15.7. The predicted octanol–water partition coefficient (Wildman–Crippen LogP) is 9.20. The number of carboxylic acid groups (broad SMARTS) is 1. The molecular formula is C45H47ClF4N4O5. The maximum absolute atomic E-state index is 15.7. The summed E-state index contributed by atoms with van der Waals surface area (Å²) in [5.41, 5.74) is 2.84. The van der Waals surface area contributed by atoms with Crippen LogP contribution >= 0.6 is 11.6 Å². The normalized spacial score (nSPS) is 22.8. The molecule has 2 aliphatic heterocycles. The molecule has 0 unspecified atom stereocenters. The number of fused-ring (bicyclic) bond motifs is 4. The van der Waals surface area contributed by atoms with Crippen molar-refractivity contribution >= 4 is 23.4 Å². The molecule has 2 saturated carbocycles. The molecular weight excluding hydrogens is 788 g/mol. The number of alkyl halides is 3. The standard InChI is InChI=1S/C45H47ClF4N4O5/c1-58-39-20-27(18-36(47)35(39)22-51-21-25-9-11-29(55)17-25)31-6-4-8-34(40(31)46)32-7-3-5-30-26(10-12-33(30)32)19-37-41(45(48,49)50)52-38(42(53-37)59-2)23-54-24-44(43(56)57)15-13-28(54)14-16-44/h3-8,18,20,25-26,28,51H,9-17,19,21-24H2,1-2H3,(H,56,57)/t25-,26-,28?,44?/m1/s1. The molecule has 2 bridgehead atoms. The number of carbonyl (C=O) groups excluding carboxylic acids is 1. The highest BCUT2D eigenvalue weighted by molar-refractivity contribution is 6.36. The van der Waals surface area contributed by atoms with Crippen LogP contribution in [0.25, 0.3) is 22.3 Å². The van der Waals surface area contributed by atoms with Crippen LogP contribution in [-0.4, -0.2) is 65.1 Å². The second-order valence-corrected chi connectivity index (χ2v) is 17.0. The van der Waals surface area contributed by atoms with Crippen LogP contribution in [-0.2, 0) is 41.7 Å². The van der Waals surface area contributed by atoms with Crippen molar-refractivity contribution in [2.24, 2.45) is 11.3 Å². The number of carbonyl (C=O) groups is 2. The SMILES string of the molecule is COc1cc(-c2cccc(-c3cccc4c3CC[C@@H]4Cc3nc(OC)c(CN4CC5(C(=O)O)CCC4CC5)nc3C(F)(F)F)c2Cl)cc(F)c1CNC[C@@H]1CCC(=O)C1. The number of piperidine rings is 2. The van der Waals surface area contributed by atoms with Gasteiger partial charge in [-0.3, -0.25) is 14.5 Å². The average Bonchev–Trinajstić information content (AvgIpc) is 3.84. The lowest BCUT2D eigenvalue weighted by Gasteiger charge is -2.50. The van der Waals surface area contributed by atoms with Crippen LogP contribution in [0.2, 0.25) is 5.02 Å². The van der Waals surface area contributed by atoms with Gasteiger partial charge in [-0.1, -0.05) is 48.0 Å². The largest absolute Gasteiger partial charge is 0.496 e. The van der Waals surface area contributed by atoms with Crippen LogP contribution in [0.1, 0.15) is 91.1 Å². The molecule has 3 aliphatic carbocycles. The Morgan fingerprint density at radius 2 is 1.73 bits per heavy atom. The number of aliphatic carboxylic acids is 1. The monoisotopic (exact) mass is 834 g/mol. The predicted molar refractivity (Wildman–Crippen MR) is 214 cm³/mol. The highest BCUT2D eigenvalue weighted by Crippen LogP contribution is 2.48. The molecule has 59 heavy (non-hydrogen) atoms. The van der Waals surface area contributed by atoms with Crippen LogP contribution in [0.4, 0.5) is 17.6 Å². The molecule has 9 nitrogen and oxygen atoms in total. The van der Waals surface area contributed by atoms with E-state index in [1.165, 1.54) is 20.3 Å². The fourth-order valence-corrected chi connectivity index (χ4v) is 10.3. The van der Waals surface area contributed by atoms with Crippen molar-refractivity contribution < 1.29 is 41.7 Å². The molecule has 0 spiro atoms. The van der Waals surface area contributed by atoms with Gasteiger partial charge in [0.2, 0.25) is 5.88 Å². The zero-order valence-corrected chi connectivity index (χ0v) is 33.8. The van der Waals surface area contributed by atoms with Gasteiger partial charge < -0.3 is 19.9 Å². The Morgan fingerprint density at radius 3 is 2.42 bits per heavy atom. The zero-order chi connectivity index (χ0) is 41.6. The summed E-state index contributed by atoms with van der Waals surface area (Å²) < 4.78 is 71.2. The van der Waals surface area contributed by atoms with E-state index in [0.717, 1.165) is 28.7 Å². The van der Waals surface area contributed by atoms with Crippen molar-refractivity contribution in [2.45, 2.75) is 95.4 Å². The van der Waals surface area contributed by atoms with E-state index in [4.69, 9.17) is 21.1 Å². The Labute approximate surface area is 345 Å². The molecule has 1 aromatic heterocycles. The Balaban J connectivity index is 1.05. The number of hydrogen-bond acceptors (Lipinski definition) is 8. The van der Waals surface area contributed by atoms with Crippen molar-refractivity contribution in [1.29, 1.82) is 0 Å². The van der Waals surface area contributed by atoms with E-state index in [1.807, 2.05) is 41.3 Å². The summed E-state index contributed by atoms with van der Waals surface area (Å²) in [7, 11) is 2.85. The van der Waals surface area contributed by atoms with Gasteiger partial charge in [0.25, 0.3) is 0 Å². The second kappa shape index (κ2) is 16.5. The first kappa shape index (κ1) is 41.2. The summed E-state index contributed by atoms with van der Waals surface area (Å²) in [4.78, 5) is 34.4. The number of nitrogens with one attached hydrogen (secondary N) is 1. The number of hydrogen-bond donors (Lipinski definition) is 2. The molecule has 9 rings (SSSR count).